The molecule has 0 spiro atoms. The van der Waals surface area contributed by atoms with E-state index in [9.17, 15) is 18.0 Å². The molecule has 0 aromatic carbocycles. The van der Waals surface area contributed by atoms with E-state index < -0.39 is 11.7 Å². The van der Waals surface area contributed by atoms with Crippen LogP contribution in [-0.2, 0) is 11.0 Å². The summed E-state index contributed by atoms with van der Waals surface area (Å²) in [6, 6.07) is 2.39. The first-order chi connectivity index (χ1) is 7.50. The van der Waals surface area contributed by atoms with Gasteiger partial charge in [0, 0.05) is 30.9 Å². The van der Waals surface area contributed by atoms with Gasteiger partial charge in [0.1, 0.15) is 0 Å². The van der Waals surface area contributed by atoms with E-state index >= 15 is 0 Å². The van der Waals surface area contributed by atoms with Crippen molar-refractivity contribution in [2.24, 2.45) is 0 Å². The first-order valence-corrected chi connectivity index (χ1v) is 4.73. The zero-order valence-electron chi connectivity index (χ0n) is 8.24. The summed E-state index contributed by atoms with van der Waals surface area (Å²) in [5, 5.41) is 0. The van der Waals surface area contributed by atoms with Crippen LogP contribution >= 0.6 is 0 Å². The van der Waals surface area contributed by atoms with Gasteiger partial charge in [-0.3, -0.25) is 9.78 Å². The molecule has 3 nitrogen and oxygen atoms in total. The van der Waals surface area contributed by atoms with Gasteiger partial charge in [0.25, 0.3) is 0 Å². The minimum atomic E-state index is -4.35. The lowest BCUT2D eigenvalue weighted by Crippen LogP contribution is -2.44. The Balaban J connectivity index is 2.06. The Morgan fingerprint density at radius 2 is 2.06 bits per heavy atom. The Bertz CT molecular complexity index is 382. The number of hydrogen-bond acceptors (Lipinski definition) is 2. The monoisotopic (exact) mass is 230 g/mol. The summed E-state index contributed by atoms with van der Waals surface area (Å²) in [7, 11) is 0. The lowest BCUT2D eigenvalue weighted by Gasteiger charge is -2.35. The molecule has 0 saturated carbocycles. The maximum atomic E-state index is 12.2. The van der Waals surface area contributed by atoms with Crippen LogP contribution in [0.5, 0.6) is 0 Å². The van der Waals surface area contributed by atoms with Gasteiger partial charge in [-0.15, -0.1) is 0 Å². The van der Waals surface area contributed by atoms with E-state index in [1.165, 1.54) is 6.07 Å². The molecule has 1 saturated heterocycles. The van der Waals surface area contributed by atoms with Crippen LogP contribution in [0.3, 0.4) is 0 Å². The summed E-state index contributed by atoms with van der Waals surface area (Å²) in [5.74, 6) is 0.0625. The highest BCUT2D eigenvalue weighted by molar-refractivity contribution is 5.49. The zero-order valence-corrected chi connectivity index (χ0v) is 8.24. The molecule has 0 unspecified atom stereocenters. The maximum absolute atomic E-state index is 12.2. The Labute approximate surface area is 89.9 Å². The number of nitrogens with zero attached hydrogens (tertiary/aromatic N) is 2. The molecular weight excluding hydrogens is 221 g/mol. The smallest absolute Gasteiger partial charge is 0.344 e. The highest BCUT2D eigenvalue weighted by Gasteiger charge is 2.32. The van der Waals surface area contributed by atoms with Gasteiger partial charge in [0.2, 0.25) is 6.41 Å². The molecule has 16 heavy (non-hydrogen) atoms. The van der Waals surface area contributed by atoms with E-state index in [0.717, 1.165) is 18.7 Å². The summed E-state index contributed by atoms with van der Waals surface area (Å²) in [6.07, 6.45) is -2.79. The van der Waals surface area contributed by atoms with E-state index in [1.807, 2.05) is 0 Å². The third kappa shape index (κ3) is 2.00. The molecule has 1 amide bonds. The predicted molar refractivity (Wildman–Crippen MR) is 49.6 cm³/mol. The van der Waals surface area contributed by atoms with Crippen molar-refractivity contribution in [2.45, 2.75) is 12.1 Å². The van der Waals surface area contributed by atoms with Gasteiger partial charge < -0.3 is 4.90 Å². The third-order valence-corrected chi connectivity index (χ3v) is 2.59. The minimum absolute atomic E-state index is 0.0625. The second kappa shape index (κ2) is 3.77. The van der Waals surface area contributed by atoms with Crippen molar-refractivity contribution in [3.05, 3.63) is 29.6 Å². The van der Waals surface area contributed by atoms with E-state index in [0.29, 0.717) is 18.8 Å². The summed E-state index contributed by atoms with van der Waals surface area (Å²) in [4.78, 5) is 15.6. The van der Waals surface area contributed by atoms with Gasteiger partial charge in [0.15, 0.2) is 0 Å². The topological polar surface area (TPSA) is 33.2 Å². The van der Waals surface area contributed by atoms with E-state index in [2.05, 4.69) is 4.98 Å². The first kappa shape index (κ1) is 10.9. The minimum Gasteiger partial charge on any atom is -0.344 e. The SMILES string of the molecule is O=CN1CC(c2ccc(C(F)(F)F)cn2)C1. The van der Waals surface area contributed by atoms with Crippen LogP contribution in [0.15, 0.2) is 18.3 Å². The van der Waals surface area contributed by atoms with Gasteiger partial charge >= 0.3 is 6.18 Å². The number of aromatic nitrogens is 1. The molecule has 1 aromatic heterocycles. The predicted octanol–water partition coefficient (Wildman–Crippen LogP) is 1.66. The van der Waals surface area contributed by atoms with Crippen LogP contribution in [0.1, 0.15) is 17.2 Å². The Kier molecular flexibility index (Phi) is 2.57. The largest absolute Gasteiger partial charge is 0.417 e. The number of likely N-dealkylation sites (tertiary alicyclic amines) is 1. The summed E-state index contributed by atoms with van der Waals surface area (Å²) >= 11 is 0. The molecule has 86 valence electrons. The van der Waals surface area contributed by atoms with Gasteiger partial charge in [-0.05, 0) is 12.1 Å². The molecule has 0 radical (unpaired) electrons. The lowest BCUT2D eigenvalue weighted by atomic mass is 9.96. The van der Waals surface area contributed by atoms with Gasteiger partial charge in [-0.2, -0.15) is 13.2 Å². The molecule has 0 atom stereocenters. The van der Waals surface area contributed by atoms with Gasteiger partial charge in [0.05, 0.1) is 5.56 Å². The fourth-order valence-electron chi connectivity index (χ4n) is 1.60. The van der Waals surface area contributed by atoms with Gasteiger partial charge in [-0.1, -0.05) is 0 Å². The van der Waals surface area contributed by atoms with E-state index in [4.69, 9.17) is 0 Å². The van der Waals surface area contributed by atoms with Gasteiger partial charge in [-0.25, -0.2) is 0 Å². The van der Waals surface area contributed by atoms with Crippen LogP contribution < -0.4 is 0 Å². The van der Waals surface area contributed by atoms with Crippen molar-refractivity contribution in [1.82, 2.24) is 9.88 Å². The van der Waals surface area contributed by atoms with Crippen LogP contribution in [0, 0.1) is 0 Å². The van der Waals surface area contributed by atoms with Crippen molar-refractivity contribution in [1.29, 1.82) is 0 Å². The molecule has 1 aliphatic rings. The van der Waals surface area contributed by atoms with Crippen molar-refractivity contribution < 1.29 is 18.0 Å². The van der Waals surface area contributed by atoms with Crippen LogP contribution in [0.2, 0.25) is 0 Å². The van der Waals surface area contributed by atoms with Crippen LogP contribution in [0.4, 0.5) is 13.2 Å². The highest BCUT2D eigenvalue weighted by atomic mass is 19.4. The Morgan fingerprint density at radius 1 is 1.38 bits per heavy atom. The van der Waals surface area contributed by atoms with Crippen molar-refractivity contribution >= 4 is 6.41 Å². The molecular formula is C10H9F3N2O. The number of carbonyl (C=O) groups excluding carboxylic acids is 1. The van der Waals surface area contributed by atoms with Crippen molar-refractivity contribution in [2.75, 3.05) is 13.1 Å². The fourth-order valence-corrected chi connectivity index (χ4v) is 1.60. The second-order valence-electron chi connectivity index (χ2n) is 3.73. The summed E-state index contributed by atoms with van der Waals surface area (Å²) in [5.41, 5.74) is -0.145. The second-order valence-corrected chi connectivity index (χ2v) is 3.73. The van der Waals surface area contributed by atoms with E-state index in [1.54, 1.807) is 4.90 Å². The molecule has 1 fully saturated rings. The molecule has 2 rings (SSSR count). The highest BCUT2D eigenvalue weighted by Crippen LogP contribution is 2.30. The molecule has 0 aliphatic carbocycles. The molecule has 6 heteroatoms. The average Bonchev–Trinajstić information content (AvgIpc) is 2.15. The maximum Gasteiger partial charge on any atom is 0.417 e. The third-order valence-electron chi connectivity index (χ3n) is 2.59. The standard InChI is InChI=1S/C10H9F3N2O/c11-10(12,13)8-1-2-9(14-3-8)7-4-15(5-7)6-16/h1-3,6-7H,4-5H2. The quantitative estimate of drug-likeness (QED) is 0.724. The number of halogens is 3. The molecule has 1 aliphatic heterocycles. The summed E-state index contributed by atoms with van der Waals surface area (Å²) in [6.45, 7) is 1.06. The number of pyridine rings is 1. The van der Waals surface area contributed by atoms with Crippen LogP contribution in [0.25, 0.3) is 0 Å². The summed E-state index contributed by atoms with van der Waals surface area (Å²) < 4.78 is 36.7. The number of alkyl halides is 3. The number of carbonyl (C=O) groups is 1. The van der Waals surface area contributed by atoms with Crippen molar-refractivity contribution in [3.8, 4) is 0 Å². The average molecular weight is 230 g/mol. The first-order valence-electron chi connectivity index (χ1n) is 4.73. The fraction of sp³-hybridized carbons (Fsp3) is 0.400. The zero-order chi connectivity index (χ0) is 11.8. The molecule has 0 N–H and O–H groups in total. The molecule has 1 aromatic rings. The Morgan fingerprint density at radius 3 is 2.50 bits per heavy atom. The van der Waals surface area contributed by atoms with Crippen molar-refractivity contribution in [3.63, 3.8) is 0 Å². The van der Waals surface area contributed by atoms with E-state index in [-0.39, 0.29) is 5.92 Å². The number of hydrogen-bond donors (Lipinski definition) is 0. The van der Waals surface area contributed by atoms with Crippen LogP contribution in [-0.4, -0.2) is 29.4 Å². The molecule has 2 heterocycles. The number of amides is 1. The number of rotatable bonds is 2. The molecule has 0 bridgehead atoms. The Hall–Kier alpha value is -1.59. The lowest BCUT2D eigenvalue weighted by molar-refractivity contribution is -0.137. The normalized spacial score (nSPS) is 17.1.